The smallest absolute Gasteiger partial charge is 0.180 e. The summed E-state index contributed by atoms with van der Waals surface area (Å²) in [7, 11) is 0. The van der Waals surface area contributed by atoms with Crippen molar-refractivity contribution in [3.63, 3.8) is 0 Å². The maximum Gasteiger partial charge on any atom is 0.180 e. The second-order valence-electron chi connectivity index (χ2n) is 2.12. The first-order valence-electron chi connectivity index (χ1n) is 3.10. The highest BCUT2D eigenvalue weighted by Crippen LogP contribution is 2.20. The molecule has 0 aliphatic rings. The number of benzene rings is 1. The molecule has 1 aromatic carbocycles. The van der Waals surface area contributed by atoms with Crippen LogP contribution in [0.5, 0.6) is 0 Å². The number of aryl methyl sites for hydroxylation is 1. The minimum Gasteiger partial charge on any atom is -0.291 e. The lowest BCUT2D eigenvalue weighted by Gasteiger charge is -1.98. The first kappa shape index (κ1) is 8.27. The normalized spacial score (nSPS) is 9.64. The highest BCUT2D eigenvalue weighted by Gasteiger charge is 1.98. The zero-order valence-electron chi connectivity index (χ0n) is 6.00. The van der Waals surface area contributed by atoms with E-state index in [-0.39, 0.29) is 5.82 Å². The van der Waals surface area contributed by atoms with E-state index in [0.717, 1.165) is 27.8 Å². The largest absolute Gasteiger partial charge is 0.291 e. The summed E-state index contributed by atoms with van der Waals surface area (Å²) in [4.78, 5) is 10.9. The van der Waals surface area contributed by atoms with Crippen molar-refractivity contribution in [3.05, 3.63) is 29.6 Å². The van der Waals surface area contributed by atoms with Gasteiger partial charge in [-0.25, -0.2) is 4.39 Å². The van der Waals surface area contributed by atoms with Gasteiger partial charge in [-0.15, -0.1) is 0 Å². The summed E-state index contributed by atoms with van der Waals surface area (Å²) >= 11 is 1.06. The second kappa shape index (κ2) is 3.53. The van der Waals surface area contributed by atoms with Gasteiger partial charge in [0.15, 0.2) is 5.62 Å². The summed E-state index contributed by atoms with van der Waals surface area (Å²) in [5, 5.41) is 0. The molecule has 0 atom stereocenters. The minimum absolute atomic E-state index is 0.266. The molecule has 11 heavy (non-hydrogen) atoms. The van der Waals surface area contributed by atoms with Gasteiger partial charge in [0.05, 0.1) is 0 Å². The Balaban J connectivity index is 2.98. The average Bonchev–Trinajstić information content (AvgIpc) is 1.95. The summed E-state index contributed by atoms with van der Waals surface area (Å²) in [5.41, 5.74) is 1.53. The molecule has 0 saturated carbocycles. The van der Waals surface area contributed by atoms with Crippen LogP contribution in [0.25, 0.3) is 0 Å². The molecule has 1 aromatic rings. The van der Waals surface area contributed by atoms with E-state index in [1.807, 2.05) is 0 Å². The zero-order valence-corrected chi connectivity index (χ0v) is 6.82. The van der Waals surface area contributed by atoms with E-state index in [0.29, 0.717) is 0 Å². The molecule has 0 radical (unpaired) electrons. The third kappa shape index (κ3) is 2.05. The van der Waals surface area contributed by atoms with Crippen molar-refractivity contribution in [1.29, 1.82) is 0 Å². The molecule has 0 bridgehead atoms. The van der Waals surface area contributed by atoms with Crippen LogP contribution in [0.15, 0.2) is 23.1 Å². The van der Waals surface area contributed by atoms with E-state index in [4.69, 9.17) is 0 Å². The van der Waals surface area contributed by atoms with Crippen molar-refractivity contribution in [2.75, 3.05) is 0 Å². The van der Waals surface area contributed by atoms with Gasteiger partial charge in [0, 0.05) is 4.90 Å². The number of thioether (sulfide) groups is 1. The van der Waals surface area contributed by atoms with Crippen LogP contribution in [-0.2, 0) is 4.79 Å². The molecule has 1 nitrogen and oxygen atoms in total. The van der Waals surface area contributed by atoms with E-state index in [1.54, 1.807) is 13.0 Å². The molecule has 0 amide bonds. The molecular formula is C8H7FOS. The van der Waals surface area contributed by atoms with Crippen molar-refractivity contribution in [3.8, 4) is 0 Å². The van der Waals surface area contributed by atoms with Crippen LogP contribution in [0.4, 0.5) is 4.39 Å². The molecule has 3 heteroatoms. The highest BCUT2D eigenvalue weighted by molar-refractivity contribution is 8.11. The summed E-state index contributed by atoms with van der Waals surface area (Å²) in [6.45, 7) is 1.77. The molecule has 0 aliphatic carbocycles. The standard InChI is InChI=1S/C8H7FOS/c1-6-4-7(9)2-3-8(6)11-5-10/h2-5H,1H3. The van der Waals surface area contributed by atoms with Crippen molar-refractivity contribution < 1.29 is 9.18 Å². The number of carbonyl (C=O) groups excluding carboxylic acids is 1. The third-order valence-electron chi connectivity index (χ3n) is 1.31. The second-order valence-corrected chi connectivity index (χ2v) is 2.99. The Morgan fingerprint density at radius 1 is 1.55 bits per heavy atom. The molecule has 0 unspecified atom stereocenters. The minimum atomic E-state index is -0.266. The molecule has 0 N–H and O–H groups in total. The van der Waals surface area contributed by atoms with Gasteiger partial charge < -0.3 is 0 Å². The van der Waals surface area contributed by atoms with Gasteiger partial charge in [-0.05, 0) is 30.7 Å². The van der Waals surface area contributed by atoms with E-state index in [2.05, 4.69) is 0 Å². The molecule has 0 saturated heterocycles. The van der Waals surface area contributed by atoms with Crippen molar-refractivity contribution in [2.24, 2.45) is 0 Å². The summed E-state index contributed by atoms with van der Waals surface area (Å²) in [6, 6.07) is 4.36. The first-order chi connectivity index (χ1) is 5.24. The summed E-state index contributed by atoms with van der Waals surface area (Å²) in [5.74, 6) is -0.266. The fourth-order valence-corrected chi connectivity index (χ4v) is 1.29. The summed E-state index contributed by atoms with van der Waals surface area (Å²) in [6.07, 6.45) is 0. The van der Waals surface area contributed by atoms with Gasteiger partial charge in [-0.2, -0.15) is 0 Å². The van der Waals surface area contributed by atoms with Crippen molar-refractivity contribution in [2.45, 2.75) is 11.8 Å². The van der Waals surface area contributed by atoms with Gasteiger partial charge in [-0.3, -0.25) is 4.79 Å². The summed E-state index contributed by atoms with van der Waals surface area (Å²) < 4.78 is 12.5. The maximum absolute atomic E-state index is 12.5. The lowest BCUT2D eigenvalue weighted by molar-refractivity contribution is 0.570. The quantitative estimate of drug-likeness (QED) is 0.501. The Morgan fingerprint density at radius 2 is 2.27 bits per heavy atom. The predicted molar refractivity (Wildman–Crippen MR) is 43.7 cm³/mol. The van der Waals surface area contributed by atoms with Crippen LogP contribution in [-0.4, -0.2) is 5.62 Å². The van der Waals surface area contributed by atoms with Crippen LogP contribution in [0.2, 0.25) is 0 Å². The monoisotopic (exact) mass is 170 g/mol. The molecule has 0 aromatic heterocycles. The fourth-order valence-electron chi connectivity index (χ4n) is 0.797. The Bertz CT molecular complexity index is 273. The van der Waals surface area contributed by atoms with Crippen LogP contribution in [0.1, 0.15) is 5.56 Å². The van der Waals surface area contributed by atoms with Crippen molar-refractivity contribution >= 4 is 17.4 Å². The van der Waals surface area contributed by atoms with Gasteiger partial charge >= 0.3 is 0 Å². The number of carbonyl (C=O) groups is 1. The number of rotatable bonds is 2. The first-order valence-corrected chi connectivity index (χ1v) is 3.98. The van der Waals surface area contributed by atoms with Gasteiger partial charge in [0.2, 0.25) is 0 Å². The van der Waals surface area contributed by atoms with E-state index < -0.39 is 0 Å². The van der Waals surface area contributed by atoms with Gasteiger partial charge in [-0.1, -0.05) is 11.8 Å². The predicted octanol–water partition coefficient (Wildman–Crippen LogP) is 2.42. The SMILES string of the molecule is Cc1cc(F)ccc1SC=O. The number of hydrogen-bond acceptors (Lipinski definition) is 2. The molecule has 0 spiro atoms. The molecule has 0 aliphatic heterocycles. The average molecular weight is 170 g/mol. The lowest BCUT2D eigenvalue weighted by atomic mass is 10.2. The number of hydrogen-bond donors (Lipinski definition) is 0. The zero-order chi connectivity index (χ0) is 8.27. The van der Waals surface area contributed by atoms with Crippen molar-refractivity contribution in [1.82, 2.24) is 0 Å². The molecule has 0 fully saturated rings. The van der Waals surface area contributed by atoms with Gasteiger partial charge in [0.25, 0.3) is 0 Å². The van der Waals surface area contributed by atoms with E-state index in [1.165, 1.54) is 12.1 Å². The Hall–Kier alpha value is -0.830. The molecule has 58 valence electrons. The third-order valence-corrected chi connectivity index (χ3v) is 2.12. The molecule has 0 heterocycles. The number of halogens is 1. The van der Waals surface area contributed by atoms with Crippen LogP contribution >= 0.6 is 11.8 Å². The van der Waals surface area contributed by atoms with Crippen LogP contribution < -0.4 is 0 Å². The maximum atomic E-state index is 12.5. The van der Waals surface area contributed by atoms with E-state index >= 15 is 0 Å². The molecule has 1 rings (SSSR count). The van der Waals surface area contributed by atoms with E-state index in [9.17, 15) is 9.18 Å². The topological polar surface area (TPSA) is 17.1 Å². The highest BCUT2D eigenvalue weighted by atomic mass is 32.2. The molecular weight excluding hydrogens is 163 g/mol. The Kier molecular flexibility index (Phi) is 2.65. The van der Waals surface area contributed by atoms with Crippen LogP contribution in [0.3, 0.4) is 0 Å². The Labute approximate surface area is 68.6 Å². The lowest BCUT2D eigenvalue weighted by Crippen LogP contribution is -1.81. The van der Waals surface area contributed by atoms with Gasteiger partial charge in [0.1, 0.15) is 5.82 Å². The van der Waals surface area contributed by atoms with Crippen LogP contribution in [0, 0.1) is 12.7 Å². The fraction of sp³-hybridized carbons (Fsp3) is 0.125. The Morgan fingerprint density at radius 3 is 2.82 bits per heavy atom.